The monoisotopic (exact) mass is 787 g/mol. The molecule has 264 valence electrons. The number of fused-ring (bicyclic) bond motifs is 1. The van der Waals surface area contributed by atoms with Gasteiger partial charge in [0.1, 0.15) is 17.2 Å². The number of phenols is 1. The van der Waals surface area contributed by atoms with E-state index in [1.807, 2.05) is 12.1 Å². The molecule has 17 heteroatoms. The second-order valence-corrected chi connectivity index (χ2v) is 15.1. The van der Waals surface area contributed by atoms with E-state index in [4.69, 9.17) is 34.8 Å². The third kappa shape index (κ3) is 8.31. The lowest BCUT2D eigenvalue weighted by atomic mass is 10.0. The van der Waals surface area contributed by atoms with Gasteiger partial charge in [0.2, 0.25) is 18.4 Å². The summed E-state index contributed by atoms with van der Waals surface area (Å²) in [6, 6.07) is 11.9. The Bertz CT molecular complexity index is 1990. The number of aliphatic carboxylic acids is 1. The number of carbonyl (C=O) groups is 5. The van der Waals surface area contributed by atoms with Gasteiger partial charge in [0.05, 0.1) is 32.5 Å². The van der Waals surface area contributed by atoms with E-state index in [-0.39, 0.29) is 56.9 Å². The summed E-state index contributed by atoms with van der Waals surface area (Å²) in [6.07, 6.45) is 5.38. The maximum Gasteiger partial charge on any atom is 0.290 e. The van der Waals surface area contributed by atoms with E-state index in [1.165, 1.54) is 36.0 Å². The maximum absolute atomic E-state index is 13.3. The summed E-state index contributed by atoms with van der Waals surface area (Å²) < 4.78 is 1.69. The predicted octanol–water partition coefficient (Wildman–Crippen LogP) is 3.13. The van der Waals surface area contributed by atoms with E-state index in [0.29, 0.717) is 40.7 Å². The zero-order valence-corrected chi connectivity index (χ0v) is 30.3. The second-order valence-electron chi connectivity index (χ2n) is 11.7. The molecule has 12 nitrogen and oxygen atoms in total. The molecule has 0 aliphatic carbocycles. The van der Waals surface area contributed by atoms with Gasteiger partial charge in [-0.2, -0.15) is 4.57 Å². The number of β-lactam (4-membered cyclic amide) rings is 1. The van der Waals surface area contributed by atoms with E-state index in [2.05, 4.69) is 10.6 Å². The molecule has 3 aromatic rings. The van der Waals surface area contributed by atoms with Crippen LogP contribution in [-0.2, 0) is 37.1 Å². The number of allylic oxidation sites excluding steroid dienone is 1. The Morgan fingerprint density at radius 2 is 1.73 bits per heavy atom. The van der Waals surface area contributed by atoms with E-state index < -0.39 is 29.2 Å². The molecule has 3 aliphatic rings. The molecule has 0 bridgehead atoms. The molecule has 1 aromatic heterocycles. The number of likely N-dealkylation sites (tertiary alicyclic amines) is 1. The van der Waals surface area contributed by atoms with Crippen LogP contribution in [-0.4, -0.2) is 74.0 Å². The van der Waals surface area contributed by atoms with Gasteiger partial charge in [-0.15, -0.1) is 23.5 Å². The largest absolute Gasteiger partial charge is 0.543 e. The highest BCUT2D eigenvalue weighted by Gasteiger charge is 2.52. The Balaban J connectivity index is 1.04. The van der Waals surface area contributed by atoms with Crippen LogP contribution < -0.4 is 20.3 Å². The number of benzene rings is 2. The Labute approximate surface area is 315 Å². The van der Waals surface area contributed by atoms with Crippen LogP contribution in [0, 0.1) is 0 Å². The maximum atomic E-state index is 13.3. The van der Waals surface area contributed by atoms with Gasteiger partial charge in [-0.3, -0.25) is 24.1 Å². The molecule has 4 heterocycles. The van der Waals surface area contributed by atoms with Crippen LogP contribution in [0.25, 0.3) is 0 Å². The molecule has 3 N–H and O–H groups in total. The number of aromatic nitrogens is 1. The smallest absolute Gasteiger partial charge is 0.290 e. The van der Waals surface area contributed by atoms with Gasteiger partial charge in [-0.1, -0.05) is 34.8 Å². The molecule has 2 aromatic carbocycles. The summed E-state index contributed by atoms with van der Waals surface area (Å²) >= 11 is 20.6. The van der Waals surface area contributed by atoms with E-state index in [1.54, 1.807) is 40.1 Å². The van der Waals surface area contributed by atoms with Crippen LogP contribution in [0.3, 0.4) is 0 Å². The quantitative estimate of drug-likeness (QED) is 0.0662. The van der Waals surface area contributed by atoms with E-state index in [0.717, 1.165) is 22.2 Å². The fourth-order valence-electron chi connectivity index (χ4n) is 5.71. The second kappa shape index (κ2) is 15.6. The molecule has 51 heavy (non-hydrogen) atoms. The van der Waals surface area contributed by atoms with Crippen molar-refractivity contribution in [1.29, 1.82) is 0 Å². The van der Waals surface area contributed by atoms with Gasteiger partial charge in [0, 0.05) is 47.1 Å². The lowest BCUT2D eigenvalue weighted by Crippen LogP contribution is -2.71. The summed E-state index contributed by atoms with van der Waals surface area (Å²) in [5, 5.41) is 27.3. The van der Waals surface area contributed by atoms with Gasteiger partial charge in [0.15, 0.2) is 12.4 Å². The number of hydrogen-bond acceptors (Lipinski definition) is 9. The highest BCUT2D eigenvalue weighted by Crippen LogP contribution is 2.41. The first kappa shape index (κ1) is 36.6. The Kier molecular flexibility index (Phi) is 11.2. The van der Waals surface area contributed by atoms with Crippen LogP contribution in [0.5, 0.6) is 5.75 Å². The van der Waals surface area contributed by atoms with E-state index in [9.17, 15) is 34.2 Å². The number of amides is 4. The van der Waals surface area contributed by atoms with Crippen molar-refractivity contribution < 1.29 is 38.8 Å². The van der Waals surface area contributed by atoms with Crippen molar-refractivity contribution in [2.75, 3.05) is 23.4 Å². The number of nitrogens with one attached hydrogen (secondary N) is 2. The Morgan fingerprint density at radius 1 is 1.02 bits per heavy atom. The molecule has 3 aliphatic heterocycles. The summed E-state index contributed by atoms with van der Waals surface area (Å²) in [7, 11) is 0. The molecule has 2 saturated heterocycles. The van der Waals surface area contributed by atoms with Crippen molar-refractivity contribution in [3.05, 3.63) is 104 Å². The molecular formula is C34H28Cl3N5O7S2. The fraction of sp³-hybridized carbons (Fsp3) is 0.235. The molecule has 6 rings (SSSR count). The highest BCUT2D eigenvalue weighted by atomic mass is 35.5. The minimum absolute atomic E-state index is 0.0620. The summed E-state index contributed by atoms with van der Waals surface area (Å²) in [5.41, 5.74) is 1.78. The van der Waals surface area contributed by atoms with Gasteiger partial charge in [-0.25, -0.2) is 0 Å². The van der Waals surface area contributed by atoms with Crippen molar-refractivity contribution in [2.24, 2.45) is 0 Å². The number of halogens is 3. The van der Waals surface area contributed by atoms with Crippen molar-refractivity contribution >= 4 is 93.6 Å². The van der Waals surface area contributed by atoms with Gasteiger partial charge in [-0.05, 0) is 60.0 Å². The van der Waals surface area contributed by atoms with Crippen LogP contribution in [0.2, 0.25) is 15.1 Å². The zero-order valence-electron chi connectivity index (χ0n) is 26.4. The average Bonchev–Trinajstić information content (AvgIpc) is 3.43. The standard InChI is InChI=1S/C34H28Cl3N5O7S2/c35-23-12-25(37)26(13-24(23)36)50-17-28(45)39-29-32(47)42-30(34(48)49)20(16-51-33(29)42)11-19-7-10-41(31(19)46)14-18-5-8-40(9-6-18)15-27(44)38-21-1-3-22(43)4-2-21/h1-6,8-9,11-13,29,33H,7,10,14-17H2,(H3-,38,39,43,44,45,48,49)/t29-,33-/m1/s1. The number of anilines is 1. The highest BCUT2D eigenvalue weighted by molar-refractivity contribution is 8.00. The van der Waals surface area contributed by atoms with Gasteiger partial charge < -0.3 is 30.5 Å². The number of hydrogen-bond donors (Lipinski definition) is 3. The lowest BCUT2D eigenvalue weighted by Gasteiger charge is -2.50. The number of phenolic OH excluding ortho intramolecular Hbond substituents is 1. The zero-order chi connectivity index (χ0) is 36.4. The SMILES string of the molecule is O=C(C[n+]1ccc(CN2CCC(=CC3=C(C(=O)[O-])N4C(=O)[C@@H](NC(=O)CSc5cc(Cl)c(Cl)cc5Cl)[C@H]4SC3)C2=O)cc1)Nc1ccc(O)cc1. The Morgan fingerprint density at radius 3 is 2.43 bits per heavy atom. The van der Waals surface area contributed by atoms with Crippen molar-refractivity contribution in [2.45, 2.75) is 35.8 Å². The average molecular weight is 789 g/mol. The first-order chi connectivity index (χ1) is 24.4. The number of carbonyl (C=O) groups excluding carboxylic acids is 5. The summed E-state index contributed by atoms with van der Waals surface area (Å²) in [5.74, 6) is -2.87. The first-order valence-electron chi connectivity index (χ1n) is 15.4. The topological polar surface area (TPSA) is 163 Å². The first-order valence-corrected chi connectivity index (χ1v) is 18.6. The number of thioether (sulfide) groups is 2. The predicted molar refractivity (Wildman–Crippen MR) is 191 cm³/mol. The molecule has 2 atom stereocenters. The molecular weight excluding hydrogens is 761 g/mol. The molecule has 4 amide bonds. The molecule has 0 saturated carbocycles. The van der Waals surface area contributed by atoms with Crippen LogP contribution >= 0.6 is 58.3 Å². The summed E-state index contributed by atoms with van der Waals surface area (Å²) in [6.45, 7) is 0.786. The minimum atomic E-state index is -1.55. The summed E-state index contributed by atoms with van der Waals surface area (Å²) in [4.78, 5) is 67.1. The number of aromatic hydroxyl groups is 1. The van der Waals surface area contributed by atoms with Gasteiger partial charge >= 0.3 is 0 Å². The molecule has 2 fully saturated rings. The van der Waals surface area contributed by atoms with Crippen molar-refractivity contribution in [3.8, 4) is 5.75 Å². The Hall–Kier alpha value is -4.21. The van der Waals surface area contributed by atoms with Gasteiger partial charge in [0.25, 0.3) is 11.8 Å². The minimum Gasteiger partial charge on any atom is -0.543 e. The molecule has 0 spiro atoms. The van der Waals surface area contributed by atoms with Crippen LogP contribution in [0.1, 0.15) is 12.0 Å². The van der Waals surface area contributed by atoms with Crippen LogP contribution in [0.4, 0.5) is 5.69 Å². The normalized spacial score (nSPS) is 19.2. The molecule has 0 radical (unpaired) electrons. The number of carboxylic acids is 1. The molecule has 0 unspecified atom stereocenters. The number of carboxylic acid groups (broad SMARTS) is 1. The van der Waals surface area contributed by atoms with Crippen molar-refractivity contribution in [3.63, 3.8) is 0 Å². The number of pyridine rings is 1. The van der Waals surface area contributed by atoms with Crippen LogP contribution in [0.15, 0.2) is 88.7 Å². The number of rotatable bonds is 11. The third-order valence-electron chi connectivity index (χ3n) is 8.21. The van der Waals surface area contributed by atoms with Crippen molar-refractivity contribution in [1.82, 2.24) is 15.1 Å². The number of nitrogens with zero attached hydrogens (tertiary/aromatic N) is 3. The van der Waals surface area contributed by atoms with E-state index >= 15 is 0 Å². The third-order valence-corrected chi connectivity index (χ3v) is 11.7. The fourth-order valence-corrected chi connectivity index (χ4v) is 8.56. The lowest BCUT2D eigenvalue weighted by molar-refractivity contribution is -0.684.